The van der Waals surface area contributed by atoms with Crippen molar-refractivity contribution < 1.29 is 4.79 Å². The van der Waals surface area contributed by atoms with Crippen LogP contribution in [0.25, 0.3) is 0 Å². The number of aryl methyl sites for hydroxylation is 2. The molecule has 0 aliphatic carbocycles. The number of carbonyl (C=O) groups is 1. The van der Waals surface area contributed by atoms with Crippen molar-refractivity contribution in [3.05, 3.63) is 64.2 Å². The first-order chi connectivity index (χ1) is 8.54. The van der Waals surface area contributed by atoms with Gasteiger partial charge in [-0.2, -0.15) is 0 Å². The van der Waals surface area contributed by atoms with Gasteiger partial charge < -0.3 is 5.32 Å². The van der Waals surface area contributed by atoms with Gasteiger partial charge in [-0.15, -0.1) is 0 Å². The van der Waals surface area contributed by atoms with Gasteiger partial charge in [0.2, 0.25) is 0 Å². The van der Waals surface area contributed by atoms with Gasteiger partial charge in [0.15, 0.2) is 0 Å². The smallest absolute Gasteiger partial charge is 0.255 e. The van der Waals surface area contributed by atoms with Crippen molar-refractivity contribution in [3.63, 3.8) is 0 Å². The van der Waals surface area contributed by atoms with E-state index in [1.54, 1.807) is 24.3 Å². The SMILES string of the molecule is Cc1cc(C)cc(NC(=O)c2ccc(Cl)cc2)c1. The van der Waals surface area contributed by atoms with Crippen LogP contribution >= 0.6 is 11.6 Å². The van der Waals surface area contributed by atoms with Crippen LogP contribution in [0.5, 0.6) is 0 Å². The van der Waals surface area contributed by atoms with Crippen molar-refractivity contribution >= 4 is 23.2 Å². The maximum absolute atomic E-state index is 12.0. The molecule has 0 radical (unpaired) electrons. The highest BCUT2D eigenvalue weighted by Crippen LogP contribution is 2.16. The fraction of sp³-hybridized carbons (Fsp3) is 0.133. The number of carbonyl (C=O) groups excluding carboxylic acids is 1. The van der Waals surface area contributed by atoms with Crippen molar-refractivity contribution in [2.45, 2.75) is 13.8 Å². The molecule has 0 unspecified atom stereocenters. The summed E-state index contributed by atoms with van der Waals surface area (Å²) in [7, 11) is 0. The second-order valence-electron chi connectivity index (χ2n) is 4.34. The van der Waals surface area contributed by atoms with Crippen LogP contribution in [0, 0.1) is 13.8 Å². The lowest BCUT2D eigenvalue weighted by Gasteiger charge is -2.07. The van der Waals surface area contributed by atoms with Crippen molar-refractivity contribution in [2.24, 2.45) is 0 Å². The summed E-state index contributed by atoms with van der Waals surface area (Å²) in [6.07, 6.45) is 0. The summed E-state index contributed by atoms with van der Waals surface area (Å²) >= 11 is 5.79. The zero-order chi connectivity index (χ0) is 13.1. The molecule has 2 aromatic rings. The van der Waals surface area contributed by atoms with Gasteiger partial charge in [0.25, 0.3) is 5.91 Å². The molecule has 0 bridgehead atoms. The predicted octanol–water partition coefficient (Wildman–Crippen LogP) is 4.21. The second kappa shape index (κ2) is 5.23. The zero-order valence-corrected chi connectivity index (χ0v) is 11.1. The van der Waals surface area contributed by atoms with Crippen molar-refractivity contribution in [1.82, 2.24) is 0 Å². The molecule has 1 N–H and O–H groups in total. The maximum Gasteiger partial charge on any atom is 0.255 e. The average molecular weight is 260 g/mol. The molecule has 0 saturated heterocycles. The lowest BCUT2D eigenvalue weighted by atomic mass is 10.1. The minimum Gasteiger partial charge on any atom is -0.322 e. The summed E-state index contributed by atoms with van der Waals surface area (Å²) in [4.78, 5) is 12.0. The Bertz CT molecular complexity index is 555. The van der Waals surface area contributed by atoms with E-state index in [1.165, 1.54) is 0 Å². The summed E-state index contributed by atoms with van der Waals surface area (Å²) in [6.45, 7) is 4.01. The third kappa shape index (κ3) is 3.11. The molecule has 2 rings (SSSR count). The maximum atomic E-state index is 12.0. The van der Waals surface area contributed by atoms with E-state index in [4.69, 9.17) is 11.6 Å². The minimum absolute atomic E-state index is 0.128. The Morgan fingerprint density at radius 2 is 1.56 bits per heavy atom. The van der Waals surface area contributed by atoms with E-state index in [0.29, 0.717) is 10.6 Å². The molecule has 0 aliphatic rings. The van der Waals surface area contributed by atoms with Gasteiger partial charge in [-0.3, -0.25) is 4.79 Å². The van der Waals surface area contributed by atoms with E-state index in [2.05, 4.69) is 11.4 Å². The van der Waals surface area contributed by atoms with E-state index in [1.807, 2.05) is 26.0 Å². The predicted molar refractivity (Wildman–Crippen MR) is 75.3 cm³/mol. The van der Waals surface area contributed by atoms with E-state index < -0.39 is 0 Å². The highest BCUT2D eigenvalue weighted by atomic mass is 35.5. The number of benzene rings is 2. The summed E-state index contributed by atoms with van der Waals surface area (Å²) < 4.78 is 0. The normalized spacial score (nSPS) is 10.2. The molecule has 0 aromatic heterocycles. The van der Waals surface area contributed by atoms with Gasteiger partial charge in [0, 0.05) is 16.3 Å². The van der Waals surface area contributed by atoms with Crippen LogP contribution in [0.15, 0.2) is 42.5 Å². The molecule has 0 spiro atoms. The molecule has 2 nitrogen and oxygen atoms in total. The first-order valence-electron chi connectivity index (χ1n) is 5.70. The Morgan fingerprint density at radius 3 is 2.11 bits per heavy atom. The van der Waals surface area contributed by atoms with Gasteiger partial charge in [-0.1, -0.05) is 17.7 Å². The number of halogens is 1. The van der Waals surface area contributed by atoms with Crippen molar-refractivity contribution in [1.29, 1.82) is 0 Å². The molecule has 0 fully saturated rings. The molecular weight excluding hydrogens is 246 g/mol. The zero-order valence-electron chi connectivity index (χ0n) is 10.3. The number of nitrogens with one attached hydrogen (secondary N) is 1. The topological polar surface area (TPSA) is 29.1 Å². The monoisotopic (exact) mass is 259 g/mol. The first-order valence-corrected chi connectivity index (χ1v) is 6.07. The Labute approximate surface area is 112 Å². The van der Waals surface area contributed by atoms with Gasteiger partial charge in [-0.05, 0) is 61.4 Å². The molecule has 3 heteroatoms. The number of hydrogen-bond acceptors (Lipinski definition) is 1. The minimum atomic E-state index is -0.128. The van der Waals surface area contributed by atoms with Crippen molar-refractivity contribution in [3.8, 4) is 0 Å². The van der Waals surface area contributed by atoms with E-state index in [0.717, 1.165) is 16.8 Å². The number of hydrogen-bond donors (Lipinski definition) is 1. The van der Waals surface area contributed by atoms with E-state index >= 15 is 0 Å². The highest BCUT2D eigenvalue weighted by Gasteiger charge is 2.06. The van der Waals surface area contributed by atoms with E-state index in [-0.39, 0.29) is 5.91 Å². The largest absolute Gasteiger partial charge is 0.322 e. The molecule has 18 heavy (non-hydrogen) atoms. The summed E-state index contributed by atoms with van der Waals surface area (Å²) in [5.74, 6) is -0.128. The van der Waals surface area contributed by atoms with Crippen LogP contribution < -0.4 is 5.32 Å². The third-order valence-electron chi connectivity index (χ3n) is 2.59. The molecule has 1 amide bonds. The standard InChI is InChI=1S/C15H14ClNO/c1-10-7-11(2)9-14(8-10)17-15(18)12-3-5-13(16)6-4-12/h3-9H,1-2H3,(H,17,18). The lowest BCUT2D eigenvalue weighted by molar-refractivity contribution is 0.102. The summed E-state index contributed by atoms with van der Waals surface area (Å²) in [5.41, 5.74) is 3.66. The summed E-state index contributed by atoms with van der Waals surface area (Å²) in [6, 6.07) is 12.8. The molecule has 0 aliphatic heterocycles. The second-order valence-corrected chi connectivity index (χ2v) is 4.77. The van der Waals surface area contributed by atoms with Gasteiger partial charge >= 0.3 is 0 Å². The van der Waals surface area contributed by atoms with Crippen molar-refractivity contribution in [2.75, 3.05) is 5.32 Å². The molecule has 0 heterocycles. The van der Waals surface area contributed by atoms with Crippen LogP contribution in [0.3, 0.4) is 0 Å². The fourth-order valence-electron chi connectivity index (χ4n) is 1.85. The lowest BCUT2D eigenvalue weighted by Crippen LogP contribution is -2.11. The van der Waals surface area contributed by atoms with Crippen LogP contribution in [0.2, 0.25) is 5.02 Å². The molecule has 0 saturated carbocycles. The van der Waals surface area contributed by atoms with Crippen LogP contribution in [-0.4, -0.2) is 5.91 Å². The van der Waals surface area contributed by atoms with Gasteiger partial charge in [0.1, 0.15) is 0 Å². The number of anilines is 1. The van der Waals surface area contributed by atoms with Crippen LogP contribution in [0.1, 0.15) is 21.5 Å². The Balaban J connectivity index is 2.18. The molecule has 0 atom stereocenters. The number of rotatable bonds is 2. The Kier molecular flexibility index (Phi) is 3.68. The highest BCUT2D eigenvalue weighted by molar-refractivity contribution is 6.30. The molecule has 2 aromatic carbocycles. The first kappa shape index (κ1) is 12.7. The third-order valence-corrected chi connectivity index (χ3v) is 2.84. The fourth-order valence-corrected chi connectivity index (χ4v) is 1.98. The average Bonchev–Trinajstić information content (AvgIpc) is 2.28. The van der Waals surface area contributed by atoms with Gasteiger partial charge in [-0.25, -0.2) is 0 Å². The Hall–Kier alpha value is -1.80. The number of amides is 1. The Morgan fingerprint density at radius 1 is 1.00 bits per heavy atom. The quantitative estimate of drug-likeness (QED) is 0.860. The summed E-state index contributed by atoms with van der Waals surface area (Å²) in [5, 5.41) is 3.50. The molecule has 92 valence electrons. The van der Waals surface area contributed by atoms with Crippen LogP contribution in [-0.2, 0) is 0 Å². The van der Waals surface area contributed by atoms with E-state index in [9.17, 15) is 4.79 Å². The van der Waals surface area contributed by atoms with Gasteiger partial charge in [0.05, 0.1) is 0 Å². The van der Waals surface area contributed by atoms with Crippen LogP contribution in [0.4, 0.5) is 5.69 Å². The molecular formula is C15H14ClNO.